The number of fused-ring (bicyclic) bond motifs is 5. The zero-order valence-electron chi connectivity index (χ0n) is 16.9. The molecule has 4 aliphatic heterocycles. The van der Waals surface area contributed by atoms with Gasteiger partial charge in [-0.25, -0.2) is 0 Å². The van der Waals surface area contributed by atoms with Gasteiger partial charge in [0.1, 0.15) is 0 Å². The van der Waals surface area contributed by atoms with Crippen molar-refractivity contribution in [2.24, 2.45) is 11.8 Å². The summed E-state index contributed by atoms with van der Waals surface area (Å²) in [4.78, 5) is 2.93. The third-order valence-electron chi connectivity index (χ3n) is 8.14. The molecule has 2 aliphatic carbocycles. The minimum Gasteiger partial charge on any atom is -0.377 e. The molecule has 4 saturated heterocycles. The van der Waals surface area contributed by atoms with Crippen LogP contribution < -0.4 is 5.32 Å². The van der Waals surface area contributed by atoms with Crippen LogP contribution in [0, 0.1) is 11.8 Å². The van der Waals surface area contributed by atoms with Crippen molar-refractivity contribution in [2.45, 2.75) is 87.3 Å². The van der Waals surface area contributed by atoms with E-state index in [1.54, 1.807) is 0 Å². The number of thioether (sulfide) groups is 1. The van der Waals surface area contributed by atoms with E-state index in [1.807, 2.05) is 0 Å². The second-order valence-corrected chi connectivity index (χ2v) is 11.0. The highest BCUT2D eigenvalue weighted by atomic mass is 32.2. The van der Waals surface area contributed by atoms with Gasteiger partial charge in [0.05, 0.1) is 36.3 Å². The molecule has 6 rings (SSSR count). The Hall–Kier alpha value is 0.190. The lowest BCUT2D eigenvalue weighted by Crippen LogP contribution is -2.62. The van der Waals surface area contributed by atoms with Gasteiger partial charge in [0.25, 0.3) is 0 Å². The van der Waals surface area contributed by atoms with Gasteiger partial charge in [-0.05, 0) is 69.7 Å². The molecule has 6 fully saturated rings. The van der Waals surface area contributed by atoms with Crippen LogP contribution in [0.3, 0.4) is 0 Å². The summed E-state index contributed by atoms with van der Waals surface area (Å²) in [5.74, 6) is 2.95. The van der Waals surface area contributed by atoms with Crippen LogP contribution in [0.5, 0.6) is 0 Å². The first-order valence-electron chi connectivity index (χ1n) is 11.7. The minimum absolute atomic E-state index is 0.225. The van der Waals surface area contributed by atoms with Crippen molar-refractivity contribution in [3.8, 4) is 0 Å². The maximum atomic E-state index is 6.60. The number of nitrogens with zero attached hydrogens (tertiary/aromatic N) is 1. The van der Waals surface area contributed by atoms with E-state index in [2.05, 4.69) is 22.0 Å². The fourth-order valence-electron chi connectivity index (χ4n) is 6.69. The molecule has 0 amide bonds. The predicted octanol–water partition coefficient (Wildman–Crippen LogP) is 3.65. The molecule has 4 heterocycles. The summed E-state index contributed by atoms with van der Waals surface area (Å²) in [6, 6.07) is 0.503. The Morgan fingerprint density at radius 3 is 2.67 bits per heavy atom. The van der Waals surface area contributed by atoms with Gasteiger partial charge in [0.15, 0.2) is 0 Å². The lowest BCUT2D eigenvalue weighted by molar-refractivity contribution is -0.0476. The van der Waals surface area contributed by atoms with Crippen LogP contribution in [0.1, 0.15) is 64.2 Å². The van der Waals surface area contributed by atoms with Crippen molar-refractivity contribution < 1.29 is 9.47 Å². The number of piperidine rings is 1. The molecule has 0 aromatic heterocycles. The van der Waals surface area contributed by atoms with E-state index in [0.717, 1.165) is 38.1 Å². The summed E-state index contributed by atoms with van der Waals surface area (Å²) in [5.41, 5.74) is 0. The molecule has 0 aromatic rings. The van der Waals surface area contributed by atoms with E-state index in [1.165, 1.54) is 76.5 Å². The largest absolute Gasteiger partial charge is 0.377 e. The van der Waals surface area contributed by atoms with E-state index >= 15 is 0 Å². The van der Waals surface area contributed by atoms with Crippen LogP contribution >= 0.6 is 11.8 Å². The second-order valence-electron chi connectivity index (χ2n) is 9.55. The number of nitrogens with one attached hydrogen (secondary N) is 1. The molecule has 4 atom stereocenters. The summed E-state index contributed by atoms with van der Waals surface area (Å²) in [7, 11) is 0. The molecular formula is C22H38N2O2S. The van der Waals surface area contributed by atoms with E-state index in [4.69, 9.17) is 9.47 Å². The number of ether oxygens (including phenoxy) is 2. The monoisotopic (exact) mass is 394 g/mol. The first-order chi connectivity index (χ1) is 13.3. The Balaban J connectivity index is 1.35. The number of hydrogen-bond acceptors (Lipinski definition) is 5. The van der Waals surface area contributed by atoms with Gasteiger partial charge in [-0.15, -0.1) is 11.8 Å². The molecule has 0 aromatic carbocycles. The van der Waals surface area contributed by atoms with Crippen molar-refractivity contribution in [2.75, 3.05) is 38.6 Å². The van der Waals surface area contributed by atoms with E-state index in [0.29, 0.717) is 18.2 Å². The Morgan fingerprint density at radius 2 is 1.81 bits per heavy atom. The Labute approximate surface area is 169 Å². The van der Waals surface area contributed by atoms with Crippen molar-refractivity contribution in [1.29, 1.82) is 0 Å². The Morgan fingerprint density at radius 1 is 0.926 bits per heavy atom. The second kappa shape index (κ2) is 8.51. The summed E-state index contributed by atoms with van der Waals surface area (Å²) in [6.07, 6.45) is 14.4. The van der Waals surface area contributed by atoms with Crippen molar-refractivity contribution in [1.82, 2.24) is 10.2 Å². The number of hydrogen-bond donors (Lipinski definition) is 1. The molecule has 2 unspecified atom stereocenters. The Kier molecular flexibility index (Phi) is 6.04. The third kappa shape index (κ3) is 3.96. The van der Waals surface area contributed by atoms with Crippen molar-refractivity contribution >= 4 is 11.8 Å². The summed E-state index contributed by atoms with van der Waals surface area (Å²) in [5, 5.41) is 3.88. The highest BCUT2D eigenvalue weighted by molar-refractivity contribution is 8.00. The van der Waals surface area contributed by atoms with Crippen LogP contribution in [-0.4, -0.2) is 66.6 Å². The van der Waals surface area contributed by atoms with Gasteiger partial charge < -0.3 is 14.8 Å². The lowest BCUT2D eigenvalue weighted by atomic mass is 9.71. The van der Waals surface area contributed by atoms with Crippen LogP contribution in [0.2, 0.25) is 0 Å². The fourth-order valence-corrected chi connectivity index (χ4v) is 8.17. The average molecular weight is 395 g/mol. The molecule has 1 spiro atoms. The normalized spacial score (nSPS) is 46.9. The highest BCUT2D eigenvalue weighted by Gasteiger charge is 2.47. The molecule has 6 aliphatic rings. The van der Waals surface area contributed by atoms with Crippen LogP contribution in [0.4, 0.5) is 0 Å². The standard InChI is InChI=1S/C22H38N2O2S/c1-2-5-20-19(4-1)17-6-8-18(9-7-17)26-16-21-22(23-11-15-27-22)10-3-12-24(21)13-14-25-20/h17-21,23H,1-16H2/t17?,18?,19?,20?,21-,22+/m0/s1. The highest BCUT2D eigenvalue weighted by Crippen LogP contribution is 2.43. The molecule has 2 saturated carbocycles. The van der Waals surface area contributed by atoms with Crippen LogP contribution in [0.25, 0.3) is 0 Å². The Bertz CT molecular complexity index is 491. The summed E-state index contributed by atoms with van der Waals surface area (Å²) in [6.45, 7) is 5.26. The summed E-state index contributed by atoms with van der Waals surface area (Å²) >= 11 is 2.16. The molecule has 2 bridgehead atoms. The number of rotatable bonds is 0. The molecule has 5 heteroatoms. The quantitative estimate of drug-likeness (QED) is 0.678. The molecule has 27 heavy (non-hydrogen) atoms. The molecule has 154 valence electrons. The molecule has 1 N–H and O–H groups in total. The van der Waals surface area contributed by atoms with Crippen molar-refractivity contribution in [3.63, 3.8) is 0 Å². The van der Waals surface area contributed by atoms with E-state index in [-0.39, 0.29) is 4.87 Å². The average Bonchev–Trinajstić information content (AvgIpc) is 3.17. The SMILES string of the molecule is C1CCC2C3CCC(CC3)OC[C@@H]3N(CCC[C@]34NCCS4)CCOC2C1. The maximum absolute atomic E-state index is 6.60. The maximum Gasteiger partial charge on any atom is 0.0826 e. The molecule has 4 nitrogen and oxygen atoms in total. The van der Waals surface area contributed by atoms with Crippen molar-refractivity contribution in [3.05, 3.63) is 0 Å². The van der Waals surface area contributed by atoms with Gasteiger partial charge in [0, 0.05) is 18.8 Å². The topological polar surface area (TPSA) is 33.7 Å². The first-order valence-corrected chi connectivity index (χ1v) is 12.7. The van der Waals surface area contributed by atoms with Gasteiger partial charge >= 0.3 is 0 Å². The fraction of sp³-hybridized carbons (Fsp3) is 1.00. The van der Waals surface area contributed by atoms with Gasteiger partial charge in [0.2, 0.25) is 0 Å². The van der Waals surface area contributed by atoms with Crippen LogP contribution in [0.15, 0.2) is 0 Å². The van der Waals surface area contributed by atoms with Gasteiger partial charge in [-0.2, -0.15) is 0 Å². The summed E-state index contributed by atoms with van der Waals surface area (Å²) < 4.78 is 13.2. The van der Waals surface area contributed by atoms with E-state index < -0.39 is 0 Å². The zero-order valence-corrected chi connectivity index (χ0v) is 17.7. The lowest BCUT2D eigenvalue weighted by Gasteiger charge is -2.48. The van der Waals surface area contributed by atoms with Crippen LogP contribution in [-0.2, 0) is 9.47 Å². The smallest absolute Gasteiger partial charge is 0.0826 e. The third-order valence-corrected chi connectivity index (χ3v) is 9.68. The minimum atomic E-state index is 0.225. The molecule has 0 radical (unpaired) electrons. The molecular weight excluding hydrogens is 356 g/mol. The zero-order chi connectivity index (χ0) is 18.1. The van der Waals surface area contributed by atoms with E-state index in [9.17, 15) is 0 Å². The van der Waals surface area contributed by atoms with Gasteiger partial charge in [-0.1, -0.05) is 12.8 Å². The predicted molar refractivity (Wildman–Crippen MR) is 111 cm³/mol. The first kappa shape index (κ1) is 19.2. The van der Waals surface area contributed by atoms with Gasteiger partial charge in [-0.3, -0.25) is 4.90 Å².